The molecule has 0 saturated carbocycles. The van der Waals surface area contributed by atoms with Gasteiger partial charge in [0, 0.05) is 24.0 Å². The fourth-order valence-electron chi connectivity index (χ4n) is 4.90. The number of ether oxygens (including phenoxy) is 2. The van der Waals surface area contributed by atoms with Crippen LogP contribution in [0.4, 0.5) is 4.39 Å². The third-order valence-corrected chi connectivity index (χ3v) is 7.08. The van der Waals surface area contributed by atoms with Gasteiger partial charge >= 0.3 is 5.97 Å². The second-order valence-electron chi connectivity index (χ2n) is 9.70. The highest BCUT2D eigenvalue weighted by Crippen LogP contribution is 2.35. The molecule has 41 heavy (non-hydrogen) atoms. The molecule has 212 valence electrons. The molecule has 0 atom stereocenters. The molecule has 0 fully saturated rings. The van der Waals surface area contributed by atoms with E-state index in [-0.39, 0.29) is 30.8 Å². The summed E-state index contributed by atoms with van der Waals surface area (Å²) in [4.78, 5) is 22.7. The van der Waals surface area contributed by atoms with Crippen molar-refractivity contribution in [1.82, 2.24) is 19.7 Å². The van der Waals surface area contributed by atoms with Gasteiger partial charge in [-0.3, -0.25) is 0 Å². The fraction of sp³-hybridized carbons (Fsp3) is 0.312. The number of carbonyl (C=O) groups is 1. The summed E-state index contributed by atoms with van der Waals surface area (Å²) < 4.78 is 32.8. The number of fused-ring (bicyclic) bond motifs is 1. The molecular weight excluding hydrogens is 523 g/mol. The number of hydrogen-bond acceptors (Lipinski definition) is 7. The maximum absolute atomic E-state index is 13.7. The van der Waals surface area contributed by atoms with E-state index in [1.54, 1.807) is 29.8 Å². The van der Waals surface area contributed by atoms with Gasteiger partial charge in [-0.1, -0.05) is 32.0 Å². The number of aryl methyl sites for hydroxylation is 1. The maximum atomic E-state index is 13.7. The highest BCUT2D eigenvalue weighted by Gasteiger charge is 2.26. The first-order chi connectivity index (χ1) is 19.9. The van der Waals surface area contributed by atoms with Crippen molar-refractivity contribution < 1.29 is 23.1 Å². The Morgan fingerprint density at radius 1 is 1.02 bits per heavy atom. The number of rotatable bonds is 11. The van der Waals surface area contributed by atoms with Crippen molar-refractivity contribution in [3.63, 3.8) is 0 Å². The molecule has 9 heteroatoms. The zero-order valence-electron chi connectivity index (χ0n) is 23.7. The third-order valence-electron chi connectivity index (χ3n) is 7.08. The quantitative estimate of drug-likeness (QED) is 0.159. The van der Waals surface area contributed by atoms with Crippen LogP contribution in [0.25, 0.3) is 28.2 Å². The Labute approximate surface area is 238 Å². The van der Waals surface area contributed by atoms with Gasteiger partial charge in [-0.2, -0.15) is 10.1 Å². The monoisotopic (exact) mass is 556 g/mol. The Bertz CT molecular complexity index is 1640. The molecule has 3 aromatic heterocycles. The Morgan fingerprint density at radius 3 is 2.44 bits per heavy atom. The zero-order chi connectivity index (χ0) is 28.9. The first-order valence-corrected chi connectivity index (χ1v) is 13.9. The van der Waals surface area contributed by atoms with Crippen LogP contribution in [0.5, 0.6) is 5.88 Å². The first kappa shape index (κ1) is 28.0. The van der Waals surface area contributed by atoms with Gasteiger partial charge in [0.15, 0.2) is 5.65 Å². The Kier molecular flexibility index (Phi) is 8.42. The molecule has 8 nitrogen and oxygen atoms in total. The average Bonchev–Trinajstić information content (AvgIpc) is 3.55. The number of pyridine rings is 1. The Morgan fingerprint density at radius 2 is 1.76 bits per heavy atom. The largest absolute Gasteiger partial charge is 0.477 e. The van der Waals surface area contributed by atoms with Crippen LogP contribution in [0.1, 0.15) is 67.0 Å². The normalized spacial score (nSPS) is 11.4. The van der Waals surface area contributed by atoms with E-state index in [4.69, 9.17) is 24.0 Å². The lowest BCUT2D eigenvalue weighted by Gasteiger charge is -2.12. The minimum Gasteiger partial charge on any atom is -0.477 e. The molecule has 0 aliphatic heterocycles. The minimum atomic E-state index is -0.476. The van der Waals surface area contributed by atoms with Crippen molar-refractivity contribution in [3.8, 4) is 23.0 Å². The van der Waals surface area contributed by atoms with Crippen molar-refractivity contribution in [1.29, 1.82) is 0 Å². The second kappa shape index (κ2) is 12.3. The zero-order valence-corrected chi connectivity index (χ0v) is 23.7. The predicted molar refractivity (Wildman–Crippen MR) is 154 cm³/mol. The number of hydrogen-bond donors (Lipinski definition) is 0. The Balaban J connectivity index is 1.52. The number of nitrogens with zero attached hydrogens (tertiary/aromatic N) is 4. The van der Waals surface area contributed by atoms with Crippen molar-refractivity contribution in [2.45, 2.75) is 52.9 Å². The van der Waals surface area contributed by atoms with E-state index in [1.165, 1.54) is 12.1 Å². The van der Waals surface area contributed by atoms with E-state index in [0.29, 0.717) is 40.4 Å². The minimum absolute atomic E-state index is 0.0925. The molecule has 0 bridgehead atoms. The highest BCUT2D eigenvalue weighted by molar-refractivity contribution is 6.04. The molecule has 5 rings (SSSR count). The molecule has 3 heterocycles. The van der Waals surface area contributed by atoms with E-state index in [0.717, 1.165) is 29.8 Å². The lowest BCUT2D eigenvalue weighted by molar-refractivity contribution is 0.0528. The van der Waals surface area contributed by atoms with Crippen molar-refractivity contribution >= 4 is 17.0 Å². The summed E-state index contributed by atoms with van der Waals surface area (Å²) in [7, 11) is 0. The van der Waals surface area contributed by atoms with Crippen molar-refractivity contribution in [3.05, 3.63) is 89.2 Å². The van der Waals surface area contributed by atoms with E-state index in [1.807, 2.05) is 37.3 Å². The first-order valence-electron chi connectivity index (χ1n) is 13.9. The van der Waals surface area contributed by atoms with Crippen molar-refractivity contribution in [2.75, 3.05) is 13.2 Å². The number of benzene rings is 2. The van der Waals surface area contributed by atoms with Crippen LogP contribution in [-0.2, 0) is 11.2 Å². The van der Waals surface area contributed by atoms with Gasteiger partial charge in [-0.25, -0.2) is 18.9 Å². The number of esters is 1. The van der Waals surface area contributed by atoms with E-state index in [9.17, 15) is 9.18 Å². The van der Waals surface area contributed by atoms with Crippen LogP contribution in [0.15, 0.2) is 65.1 Å². The van der Waals surface area contributed by atoms with Gasteiger partial charge in [-0.15, -0.1) is 0 Å². The lowest BCUT2D eigenvalue weighted by atomic mass is 9.95. The average molecular weight is 557 g/mol. The van der Waals surface area contributed by atoms with Crippen LogP contribution in [-0.4, -0.2) is 38.9 Å². The highest BCUT2D eigenvalue weighted by atomic mass is 19.1. The molecular formula is C32H33FN4O4. The molecule has 0 amide bonds. The molecule has 0 spiro atoms. The van der Waals surface area contributed by atoms with Gasteiger partial charge in [0.05, 0.1) is 41.2 Å². The molecule has 0 saturated heterocycles. The van der Waals surface area contributed by atoms with Crippen molar-refractivity contribution in [2.24, 2.45) is 0 Å². The van der Waals surface area contributed by atoms with Crippen LogP contribution in [0, 0.1) is 12.7 Å². The Hall–Kier alpha value is -4.53. The van der Waals surface area contributed by atoms with E-state index in [2.05, 4.69) is 18.8 Å². The van der Waals surface area contributed by atoms with Crippen LogP contribution < -0.4 is 4.74 Å². The van der Waals surface area contributed by atoms with Gasteiger partial charge < -0.3 is 13.9 Å². The van der Waals surface area contributed by atoms with Crippen LogP contribution >= 0.6 is 0 Å². The fourth-order valence-corrected chi connectivity index (χ4v) is 4.90. The van der Waals surface area contributed by atoms with Gasteiger partial charge in [0.2, 0.25) is 11.8 Å². The van der Waals surface area contributed by atoms with Crippen LogP contribution in [0.2, 0.25) is 0 Å². The summed E-state index contributed by atoms with van der Waals surface area (Å²) in [6, 6.07) is 17.3. The number of carbonyl (C=O) groups excluding carboxylic acids is 1. The van der Waals surface area contributed by atoms with E-state index >= 15 is 0 Å². The van der Waals surface area contributed by atoms with Gasteiger partial charge in [-0.05, 0) is 63.1 Å². The summed E-state index contributed by atoms with van der Waals surface area (Å²) in [6.45, 7) is 8.29. The SMILES string of the molecule is CCOC(=O)c1cc(OCCc2nc(-c3ccccc3)oc2C)nc2c1c(C(CC)CC)nn2-c1ccc(F)cc1. The summed E-state index contributed by atoms with van der Waals surface area (Å²) >= 11 is 0. The molecule has 2 aromatic carbocycles. The molecule has 5 aromatic rings. The molecule has 0 N–H and O–H groups in total. The summed E-state index contributed by atoms with van der Waals surface area (Å²) in [5, 5.41) is 5.51. The summed E-state index contributed by atoms with van der Waals surface area (Å²) in [5.41, 5.74) is 3.84. The molecule has 0 aliphatic rings. The van der Waals surface area contributed by atoms with Gasteiger partial charge in [0.1, 0.15) is 11.6 Å². The van der Waals surface area contributed by atoms with Gasteiger partial charge in [0.25, 0.3) is 0 Å². The van der Waals surface area contributed by atoms with E-state index < -0.39 is 5.97 Å². The third kappa shape index (κ3) is 5.84. The molecule has 0 aliphatic carbocycles. The lowest BCUT2D eigenvalue weighted by Crippen LogP contribution is -2.10. The topological polar surface area (TPSA) is 92.3 Å². The summed E-state index contributed by atoms with van der Waals surface area (Å²) in [5.74, 6) is 0.787. The number of halogens is 1. The second-order valence-corrected chi connectivity index (χ2v) is 9.70. The standard InChI is InChI=1S/C32H33FN4O4/c1-5-21(6-2)29-28-25(32(38)39-7-3)19-27(35-30(28)37(36-29)24-15-13-23(33)14-16-24)40-18-17-26-20(4)41-31(34-26)22-11-9-8-10-12-22/h8-16,19,21H,5-7,17-18H2,1-4H3. The smallest absolute Gasteiger partial charge is 0.339 e. The maximum Gasteiger partial charge on any atom is 0.339 e. The molecule has 0 unspecified atom stereocenters. The predicted octanol–water partition coefficient (Wildman–Crippen LogP) is 7.22. The number of aromatic nitrogens is 4. The molecule has 0 radical (unpaired) electrons. The van der Waals surface area contributed by atoms with Crippen LogP contribution in [0.3, 0.4) is 0 Å². The number of oxazole rings is 1. The summed E-state index contributed by atoms with van der Waals surface area (Å²) in [6.07, 6.45) is 2.13.